The lowest BCUT2D eigenvalue weighted by atomic mass is 10.0. The maximum Gasteiger partial charge on any atom is 0.251 e. The fourth-order valence-corrected chi connectivity index (χ4v) is 3.68. The van der Waals surface area contributed by atoms with Gasteiger partial charge in [0.25, 0.3) is 5.56 Å². The first kappa shape index (κ1) is 17.7. The summed E-state index contributed by atoms with van der Waals surface area (Å²) in [5.74, 6) is 0.135. The van der Waals surface area contributed by atoms with Crippen molar-refractivity contribution in [2.75, 3.05) is 12.3 Å². The molecule has 0 unspecified atom stereocenters. The monoisotopic (exact) mass is 336 g/mol. The third-order valence-corrected chi connectivity index (χ3v) is 5.49. The van der Waals surface area contributed by atoms with Crippen molar-refractivity contribution in [3.05, 3.63) is 45.2 Å². The van der Waals surface area contributed by atoms with Crippen LogP contribution in [0.5, 0.6) is 0 Å². The summed E-state index contributed by atoms with van der Waals surface area (Å²) in [6, 6.07) is 5.85. The standard InChI is InChI=1S/C17H24N2O3S/c1-4-5-8-23(21,22)18-7-6-14-11-15-9-12(2)13(3)10-16(15)19-17(14)20/h9-11,18H,4-8H2,1-3H3,(H,19,20). The van der Waals surface area contributed by atoms with Gasteiger partial charge in [0.1, 0.15) is 0 Å². The van der Waals surface area contributed by atoms with Crippen LogP contribution in [0.25, 0.3) is 10.9 Å². The molecule has 1 aromatic heterocycles. The zero-order valence-electron chi connectivity index (χ0n) is 13.9. The van der Waals surface area contributed by atoms with Gasteiger partial charge >= 0.3 is 0 Å². The summed E-state index contributed by atoms with van der Waals surface area (Å²) in [6.07, 6.45) is 1.86. The van der Waals surface area contributed by atoms with Gasteiger partial charge in [-0.25, -0.2) is 13.1 Å². The Morgan fingerprint density at radius 2 is 1.83 bits per heavy atom. The number of pyridine rings is 1. The van der Waals surface area contributed by atoms with E-state index in [9.17, 15) is 13.2 Å². The van der Waals surface area contributed by atoms with E-state index in [-0.39, 0.29) is 17.9 Å². The average Bonchev–Trinajstić information content (AvgIpc) is 2.48. The van der Waals surface area contributed by atoms with Crippen LogP contribution >= 0.6 is 0 Å². The van der Waals surface area contributed by atoms with Crippen molar-refractivity contribution in [3.63, 3.8) is 0 Å². The zero-order valence-corrected chi connectivity index (χ0v) is 14.7. The second-order valence-corrected chi connectivity index (χ2v) is 7.89. The summed E-state index contributed by atoms with van der Waals surface area (Å²) in [7, 11) is -3.24. The maximum atomic E-state index is 12.1. The molecule has 0 radical (unpaired) electrons. The average molecular weight is 336 g/mol. The quantitative estimate of drug-likeness (QED) is 0.815. The Morgan fingerprint density at radius 1 is 1.13 bits per heavy atom. The highest BCUT2D eigenvalue weighted by molar-refractivity contribution is 7.89. The molecule has 0 aliphatic heterocycles. The number of rotatable bonds is 7. The predicted octanol–water partition coefficient (Wildman–Crippen LogP) is 2.41. The molecule has 0 amide bonds. The molecule has 0 aliphatic carbocycles. The van der Waals surface area contributed by atoms with E-state index in [2.05, 4.69) is 9.71 Å². The lowest BCUT2D eigenvalue weighted by Gasteiger charge is -2.08. The first-order valence-electron chi connectivity index (χ1n) is 7.93. The van der Waals surface area contributed by atoms with Gasteiger partial charge in [0.05, 0.1) is 5.75 Å². The predicted molar refractivity (Wildman–Crippen MR) is 94.4 cm³/mol. The first-order chi connectivity index (χ1) is 10.8. The summed E-state index contributed by atoms with van der Waals surface area (Å²) in [6.45, 7) is 6.23. The van der Waals surface area contributed by atoms with Crippen molar-refractivity contribution in [2.45, 2.75) is 40.0 Å². The Balaban J connectivity index is 2.13. The SMILES string of the molecule is CCCCS(=O)(=O)NCCc1cc2cc(C)c(C)cc2[nH]c1=O. The molecule has 2 N–H and O–H groups in total. The van der Waals surface area contributed by atoms with Crippen LogP contribution in [-0.2, 0) is 16.4 Å². The number of benzene rings is 1. The zero-order chi connectivity index (χ0) is 17.0. The molecule has 0 saturated heterocycles. The Bertz CT molecular complexity index is 854. The molecule has 1 aromatic carbocycles. The van der Waals surface area contributed by atoms with Gasteiger partial charge < -0.3 is 4.98 Å². The van der Waals surface area contributed by atoms with Gasteiger partial charge in [-0.2, -0.15) is 0 Å². The Kier molecular flexibility index (Phi) is 5.59. The Hall–Kier alpha value is -1.66. The molecule has 5 nitrogen and oxygen atoms in total. The van der Waals surface area contributed by atoms with Crippen LogP contribution in [0.1, 0.15) is 36.5 Å². The smallest absolute Gasteiger partial charge is 0.251 e. The number of aromatic nitrogens is 1. The fraction of sp³-hybridized carbons (Fsp3) is 0.471. The lowest BCUT2D eigenvalue weighted by molar-refractivity contribution is 0.578. The summed E-state index contributed by atoms with van der Waals surface area (Å²) in [4.78, 5) is 15.0. The van der Waals surface area contributed by atoms with E-state index in [1.165, 1.54) is 0 Å². The second-order valence-electron chi connectivity index (χ2n) is 5.96. The van der Waals surface area contributed by atoms with E-state index in [0.717, 1.165) is 28.5 Å². The molecule has 2 aromatic rings. The Labute approximate surface area is 137 Å². The molecule has 0 fully saturated rings. The van der Waals surface area contributed by atoms with Crippen LogP contribution in [0, 0.1) is 13.8 Å². The van der Waals surface area contributed by atoms with Crippen molar-refractivity contribution in [1.82, 2.24) is 9.71 Å². The summed E-state index contributed by atoms with van der Waals surface area (Å²) in [5.41, 5.74) is 3.54. The van der Waals surface area contributed by atoms with Crippen LogP contribution in [0.2, 0.25) is 0 Å². The third kappa shape index (κ3) is 4.65. The number of fused-ring (bicyclic) bond motifs is 1. The molecule has 0 bridgehead atoms. The highest BCUT2D eigenvalue weighted by atomic mass is 32.2. The minimum absolute atomic E-state index is 0.135. The van der Waals surface area contributed by atoms with Crippen LogP contribution in [-0.4, -0.2) is 25.7 Å². The van der Waals surface area contributed by atoms with Crippen molar-refractivity contribution in [1.29, 1.82) is 0 Å². The maximum absolute atomic E-state index is 12.1. The van der Waals surface area contributed by atoms with Crippen LogP contribution in [0.4, 0.5) is 0 Å². The van der Waals surface area contributed by atoms with Gasteiger partial charge in [0.2, 0.25) is 10.0 Å². The number of hydrogen-bond donors (Lipinski definition) is 2. The molecule has 126 valence electrons. The highest BCUT2D eigenvalue weighted by Gasteiger charge is 2.10. The van der Waals surface area contributed by atoms with E-state index in [0.29, 0.717) is 18.4 Å². The molecular formula is C17H24N2O3S. The minimum Gasteiger partial charge on any atom is -0.322 e. The molecular weight excluding hydrogens is 312 g/mol. The molecule has 2 rings (SSSR count). The highest BCUT2D eigenvalue weighted by Crippen LogP contribution is 2.17. The van der Waals surface area contributed by atoms with E-state index in [4.69, 9.17) is 0 Å². The number of hydrogen-bond acceptors (Lipinski definition) is 3. The van der Waals surface area contributed by atoms with Gasteiger partial charge in [-0.05, 0) is 61.4 Å². The number of aromatic amines is 1. The number of aryl methyl sites for hydroxylation is 2. The summed E-state index contributed by atoms with van der Waals surface area (Å²) < 4.78 is 26.1. The van der Waals surface area contributed by atoms with Crippen molar-refractivity contribution >= 4 is 20.9 Å². The number of nitrogens with one attached hydrogen (secondary N) is 2. The lowest BCUT2D eigenvalue weighted by Crippen LogP contribution is -2.29. The second kappa shape index (κ2) is 7.27. The topological polar surface area (TPSA) is 79.0 Å². The number of H-pyrrole nitrogens is 1. The first-order valence-corrected chi connectivity index (χ1v) is 9.58. The summed E-state index contributed by atoms with van der Waals surface area (Å²) >= 11 is 0. The van der Waals surface area contributed by atoms with Crippen molar-refractivity contribution in [3.8, 4) is 0 Å². The Morgan fingerprint density at radius 3 is 2.52 bits per heavy atom. The minimum atomic E-state index is -3.24. The van der Waals surface area contributed by atoms with Crippen LogP contribution < -0.4 is 10.3 Å². The summed E-state index contributed by atoms with van der Waals surface area (Å²) in [5, 5.41) is 0.969. The largest absolute Gasteiger partial charge is 0.322 e. The molecule has 6 heteroatoms. The van der Waals surface area contributed by atoms with Crippen molar-refractivity contribution in [2.24, 2.45) is 0 Å². The van der Waals surface area contributed by atoms with Gasteiger partial charge in [-0.3, -0.25) is 4.79 Å². The van der Waals surface area contributed by atoms with Crippen molar-refractivity contribution < 1.29 is 8.42 Å². The van der Waals surface area contributed by atoms with E-state index in [1.54, 1.807) is 0 Å². The van der Waals surface area contributed by atoms with Crippen LogP contribution in [0.3, 0.4) is 0 Å². The molecule has 0 aliphatic rings. The fourth-order valence-electron chi connectivity index (χ4n) is 2.46. The van der Waals surface area contributed by atoms with E-state index < -0.39 is 10.0 Å². The van der Waals surface area contributed by atoms with E-state index >= 15 is 0 Å². The number of unbranched alkanes of at least 4 members (excludes halogenated alkanes) is 1. The van der Waals surface area contributed by atoms with E-state index in [1.807, 2.05) is 39.0 Å². The molecule has 0 saturated carbocycles. The molecule has 23 heavy (non-hydrogen) atoms. The van der Waals surface area contributed by atoms with Gasteiger partial charge in [0.15, 0.2) is 0 Å². The normalized spacial score (nSPS) is 12.0. The number of sulfonamides is 1. The molecule has 0 atom stereocenters. The van der Waals surface area contributed by atoms with Crippen LogP contribution in [0.15, 0.2) is 23.0 Å². The molecule has 0 spiro atoms. The molecule has 1 heterocycles. The van der Waals surface area contributed by atoms with Gasteiger partial charge in [-0.15, -0.1) is 0 Å². The van der Waals surface area contributed by atoms with Gasteiger partial charge in [-0.1, -0.05) is 13.3 Å². The third-order valence-electron chi connectivity index (χ3n) is 4.02. The van der Waals surface area contributed by atoms with Gasteiger partial charge in [0, 0.05) is 17.6 Å².